The minimum absolute atomic E-state index is 0.115. The van der Waals surface area contributed by atoms with Crippen LogP contribution in [0.25, 0.3) is 0 Å². The van der Waals surface area contributed by atoms with Crippen LogP contribution in [-0.4, -0.2) is 39.1 Å². The van der Waals surface area contributed by atoms with Crippen LogP contribution in [-0.2, 0) is 12.8 Å². The molecule has 3 N–H and O–H groups in total. The zero-order valence-corrected chi connectivity index (χ0v) is 15.5. The first-order valence-corrected chi connectivity index (χ1v) is 8.73. The zero-order chi connectivity index (χ0) is 19.6. The van der Waals surface area contributed by atoms with Crippen LogP contribution >= 0.6 is 0 Å². The fourth-order valence-electron chi connectivity index (χ4n) is 2.60. The quantitative estimate of drug-likeness (QED) is 0.515. The molecule has 1 amide bonds. The van der Waals surface area contributed by atoms with E-state index in [1.165, 1.54) is 12.1 Å². The molecule has 0 bridgehead atoms. The first-order valence-electron chi connectivity index (χ1n) is 8.73. The maximum absolute atomic E-state index is 13.6. The van der Waals surface area contributed by atoms with Gasteiger partial charge in [0.05, 0.1) is 0 Å². The van der Waals surface area contributed by atoms with Crippen LogP contribution in [0.5, 0.6) is 0 Å². The molecule has 0 aliphatic rings. The van der Waals surface area contributed by atoms with Crippen LogP contribution in [0.15, 0.2) is 47.5 Å². The van der Waals surface area contributed by atoms with Gasteiger partial charge in [-0.25, -0.2) is 8.78 Å². The molecule has 2 rings (SSSR count). The molecule has 0 aromatic heterocycles. The molecule has 0 heterocycles. The lowest BCUT2D eigenvalue weighted by atomic mass is 10.1. The monoisotopic (exact) mass is 374 g/mol. The first kappa shape index (κ1) is 20.4. The van der Waals surface area contributed by atoms with Crippen LogP contribution in [0.2, 0.25) is 0 Å². The average molecular weight is 374 g/mol. The van der Waals surface area contributed by atoms with Crippen molar-refractivity contribution in [3.63, 3.8) is 0 Å². The molecular weight excluding hydrogens is 350 g/mol. The van der Waals surface area contributed by atoms with Crippen molar-refractivity contribution in [3.8, 4) is 0 Å². The van der Waals surface area contributed by atoms with Gasteiger partial charge in [0.1, 0.15) is 11.6 Å². The minimum atomic E-state index is -0.581. The van der Waals surface area contributed by atoms with E-state index in [0.717, 1.165) is 18.1 Å². The molecular formula is C20H24F2N4O. The van der Waals surface area contributed by atoms with Gasteiger partial charge in [-0.3, -0.25) is 9.79 Å². The summed E-state index contributed by atoms with van der Waals surface area (Å²) in [7, 11) is 3.25. The predicted octanol–water partition coefficient (Wildman–Crippen LogP) is 2.27. The van der Waals surface area contributed by atoms with E-state index in [1.807, 2.05) is 18.2 Å². The lowest BCUT2D eigenvalue weighted by Crippen LogP contribution is -2.39. The number of aliphatic imine (C=N–C) groups is 1. The second kappa shape index (κ2) is 10.3. The highest BCUT2D eigenvalue weighted by atomic mass is 19.1. The van der Waals surface area contributed by atoms with Crippen LogP contribution in [0, 0.1) is 11.6 Å². The lowest BCUT2D eigenvalue weighted by Gasteiger charge is -2.12. The third kappa shape index (κ3) is 6.36. The number of rotatable bonds is 7. The molecule has 0 radical (unpaired) electrons. The van der Waals surface area contributed by atoms with E-state index >= 15 is 0 Å². The van der Waals surface area contributed by atoms with Crippen molar-refractivity contribution in [1.82, 2.24) is 16.0 Å². The Morgan fingerprint density at radius 2 is 1.78 bits per heavy atom. The van der Waals surface area contributed by atoms with E-state index in [1.54, 1.807) is 20.2 Å². The van der Waals surface area contributed by atoms with Crippen LogP contribution in [0.3, 0.4) is 0 Å². The second-order valence-electron chi connectivity index (χ2n) is 5.94. The fraction of sp³-hybridized carbons (Fsp3) is 0.300. The van der Waals surface area contributed by atoms with Gasteiger partial charge in [0.15, 0.2) is 5.96 Å². The number of guanidine groups is 1. The third-order valence-corrected chi connectivity index (χ3v) is 4.05. The topological polar surface area (TPSA) is 65.5 Å². The van der Waals surface area contributed by atoms with Crippen LogP contribution in [0.4, 0.5) is 8.78 Å². The minimum Gasteiger partial charge on any atom is -0.356 e. The molecule has 0 atom stereocenters. The maximum atomic E-state index is 13.6. The van der Waals surface area contributed by atoms with Crippen LogP contribution in [0.1, 0.15) is 21.5 Å². The van der Waals surface area contributed by atoms with Gasteiger partial charge in [0, 0.05) is 38.8 Å². The van der Waals surface area contributed by atoms with E-state index in [-0.39, 0.29) is 5.91 Å². The van der Waals surface area contributed by atoms with Gasteiger partial charge >= 0.3 is 0 Å². The first-order chi connectivity index (χ1) is 13.0. The van der Waals surface area contributed by atoms with Gasteiger partial charge in [-0.15, -0.1) is 0 Å². The Kier molecular flexibility index (Phi) is 7.73. The molecule has 0 aliphatic heterocycles. The van der Waals surface area contributed by atoms with Gasteiger partial charge < -0.3 is 16.0 Å². The molecule has 2 aromatic carbocycles. The lowest BCUT2D eigenvalue weighted by molar-refractivity contribution is 0.0963. The van der Waals surface area contributed by atoms with Crippen molar-refractivity contribution in [2.75, 3.05) is 27.2 Å². The van der Waals surface area contributed by atoms with Crippen molar-refractivity contribution in [2.24, 2.45) is 4.99 Å². The summed E-state index contributed by atoms with van der Waals surface area (Å²) < 4.78 is 26.5. The summed E-state index contributed by atoms with van der Waals surface area (Å²) in [6.07, 6.45) is 1.14. The van der Waals surface area contributed by atoms with Crippen molar-refractivity contribution in [2.45, 2.75) is 12.8 Å². The molecule has 2 aromatic rings. The Morgan fingerprint density at radius 3 is 2.44 bits per heavy atom. The van der Waals surface area contributed by atoms with Crippen molar-refractivity contribution in [3.05, 3.63) is 70.8 Å². The Hall–Kier alpha value is -2.96. The molecule has 0 aliphatic carbocycles. The summed E-state index contributed by atoms with van der Waals surface area (Å²) in [5.74, 6) is -0.645. The highest BCUT2D eigenvalue weighted by Crippen LogP contribution is 2.09. The fourth-order valence-corrected chi connectivity index (χ4v) is 2.60. The van der Waals surface area contributed by atoms with Crippen molar-refractivity contribution in [1.29, 1.82) is 0 Å². The number of nitrogens with one attached hydrogen (secondary N) is 3. The highest BCUT2D eigenvalue weighted by molar-refractivity contribution is 5.94. The number of nitrogens with zero attached hydrogens (tertiary/aromatic N) is 1. The van der Waals surface area contributed by atoms with E-state index in [0.29, 0.717) is 36.6 Å². The van der Waals surface area contributed by atoms with Gasteiger partial charge in [-0.05, 0) is 42.2 Å². The molecule has 0 spiro atoms. The highest BCUT2D eigenvalue weighted by Gasteiger charge is 2.06. The second-order valence-corrected chi connectivity index (χ2v) is 5.94. The summed E-state index contributed by atoms with van der Waals surface area (Å²) in [6.45, 7) is 1.09. The van der Waals surface area contributed by atoms with Gasteiger partial charge in [-0.2, -0.15) is 0 Å². The molecule has 5 nitrogen and oxygen atoms in total. The maximum Gasteiger partial charge on any atom is 0.251 e. The van der Waals surface area contributed by atoms with Gasteiger partial charge in [0.2, 0.25) is 0 Å². The molecule has 0 unspecified atom stereocenters. The van der Waals surface area contributed by atoms with E-state index in [4.69, 9.17) is 0 Å². The number of carbonyl (C=O) groups excluding carboxylic acids is 1. The largest absolute Gasteiger partial charge is 0.356 e. The van der Waals surface area contributed by atoms with E-state index < -0.39 is 11.6 Å². The normalized spacial score (nSPS) is 11.2. The smallest absolute Gasteiger partial charge is 0.251 e. The molecule has 0 saturated heterocycles. The number of hydrogen-bond donors (Lipinski definition) is 3. The molecule has 0 fully saturated rings. The third-order valence-electron chi connectivity index (χ3n) is 4.05. The van der Waals surface area contributed by atoms with E-state index in [2.05, 4.69) is 20.9 Å². The number of benzene rings is 2. The Bertz CT molecular complexity index is 808. The number of amides is 1. The number of carbonyl (C=O) groups is 1. The summed E-state index contributed by atoms with van der Waals surface area (Å²) in [4.78, 5) is 15.8. The number of hydrogen-bond acceptors (Lipinski definition) is 2. The SMILES string of the molecule is CN=C(NCCc1cccc(C(=O)NC)c1)NCCc1ccc(F)cc1F. The zero-order valence-electron chi connectivity index (χ0n) is 15.5. The van der Waals surface area contributed by atoms with Crippen LogP contribution < -0.4 is 16.0 Å². The Morgan fingerprint density at radius 1 is 1.04 bits per heavy atom. The van der Waals surface area contributed by atoms with E-state index in [9.17, 15) is 13.6 Å². The molecule has 0 saturated carbocycles. The standard InChI is InChI=1S/C20H24F2N4O/c1-23-19(27)16-5-3-4-14(12-16)8-10-25-20(24-2)26-11-9-15-6-7-17(21)13-18(15)22/h3-7,12-13H,8-11H2,1-2H3,(H,23,27)(H2,24,25,26). The predicted molar refractivity (Wildman–Crippen MR) is 103 cm³/mol. The summed E-state index contributed by atoms with van der Waals surface area (Å²) in [5, 5.41) is 8.88. The molecule has 144 valence electrons. The Labute approximate surface area is 157 Å². The molecule has 27 heavy (non-hydrogen) atoms. The summed E-state index contributed by atoms with van der Waals surface area (Å²) in [6, 6.07) is 11.0. The summed E-state index contributed by atoms with van der Waals surface area (Å²) >= 11 is 0. The van der Waals surface area contributed by atoms with Crippen molar-refractivity contribution >= 4 is 11.9 Å². The van der Waals surface area contributed by atoms with Gasteiger partial charge in [0.25, 0.3) is 5.91 Å². The average Bonchev–Trinajstić information content (AvgIpc) is 2.68. The van der Waals surface area contributed by atoms with Crippen molar-refractivity contribution < 1.29 is 13.6 Å². The number of halogens is 2. The molecule has 7 heteroatoms. The Balaban J connectivity index is 1.78. The summed E-state index contributed by atoms with van der Waals surface area (Å²) in [5.41, 5.74) is 2.11. The van der Waals surface area contributed by atoms with Gasteiger partial charge in [-0.1, -0.05) is 18.2 Å².